The minimum atomic E-state index is -0.772. The van der Waals surface area contributed by atoms with Crippen LogP contribution in [-0.4, -0.2) is 41.1 Å². The SMILES string of the molecule is C[C@]12CCC(OCCCN3C(=O)c4ccccc4C3=O)CC1CC[C@@H]1[C@H]2CC[C@@]2(C)[C@H]1CCC2(O)c1ccoc1. The molecule has 5 aliphatic rings. The maximum atomic E-state index is 12.6. The van der Waals surface area contributed by atoms with Crippen LogP contribution in [-0.2, 0) is 10.3 Å². The van der Waals surface area contributed by atoms with Crippen molar-refractivity contribution >= 4 is 11.8 Å². The first-order valence-corrected chi connectivity index (χ1v) is 15.6. The smallest absolute Gasteiger partial charge is 0.261 e. The Morgan fingerprint density at radius 2 is 1.70 bits per heavy atom. The second kappa shape index (κ2) is 9.55. The number of carbonyl (C=O) groups is 2. The first kappa shape index (κ1) is 26.5. The molecule has 0 radical (unpaired) electrons. The van der Waals surface area contributed by atoms with Crippen molar-refractivity contribution in [3.63, 3.8) is 0 Å². The van der Waals surface area contributed by atoms with E-state index in [1.807, 2.05) is 18.2 Å². The first-order valence-electron chi connectivity index (χ1n) is 15.6. The van der Waals surface area contributed by atoms with Gasteiger partial charge in [0.25, 0.3) is 11.8 Å². The number of aliphatic hydroxyl groups is 1. The Labute approximate surface area is 237 Å². The second-order valence-electron chi connectivity index (χ2n) is 14.0. The molecule has 214 valence electrons. The van der Waals surface area contributed by atoms with Crippen LogP contribution in [0.25, 0.3) is 0 Å². The van der Waals surface area contributed by atoms with Gasteiger partial charge in [0.1, 0.15) is 0 Å². The normalized spacial score (nSPS) is 40.5. The van der Waals surface area contributed by atoms with Gasteiger partial charge in [0.15, 0.2) is 0 Å². The summed E-state index contributed by atoms with van der Waals surface area (Å²) in [6.07, 6.45) is 14.6. The molecule has 1 aromatic carbocycles. The Bertz CT molecular complexity index is 1250. The molecule has 1 aromatic heterocycles. The molecule has 6 heteroatoms. The fourth-order valence-corrected chi connectivity index (χ4v) is 10.3. The molecule has 1 N–H and O–H groups in total. The van der Waals surface area contributed by atoms with E-state index >= 15 is 0 Å². The van der Waals surface area contributed by atoms with Gasteiger partial charge < -0.3 is 14.3 Å². The van der Waals surface area contributed by atoms with Crippen LogP contribution in [0.2, 0.25) is 0 Å². The highest BCUT2D eigenvalue weighted by Gasteiger charge is 2.65. The van der Waals surface area contributed by atoms with Crippen LogP contribution in [0.1, 0.15) is 104 Å². The molecule has 4 fully saturated rings. The number of imide groups is 1. The molecule has 4 aliphatic carbocycles. The zero-order valence-electron chi connectivity index (χ0n) is 23.9. The molecular weight excluding hydrogens is 502 g/mol. The van der Waals surface area contributed by atoms with Gasteiger partial charge in [-0.2, -0.15) is 0 Å². The highest BCUT2D eigenvalue weighted by Crippen LogP contribution is 2.70. The van der Waals surface area contributed by atoms with Gasteiger partial charge in [-0.3, -0.25) is 14.5 Å². The summed E-state index contributed by atoms with van der Waals surface area (Å²) in [6.45, 7) is 5.91. The highest BCUT2D eigenvalue weighted by molar-refractivity contribution is 6.21. The third-order valence-corrected chi connectivity index (χ3v) is 12.5. The fourth-order valence-electron chi connectivity index (χ4n) is 10.3. The molecule has 2 amide bonds. The number of nitrogens with zero attached hydrogens (tertiary/aromatic N) is 1. The lowest BCUT2D eigenvalue weighted by atomic mass is 9.44. The molecule has 2 aromatic rings. The zero-order chi connectivity index (χ0) is 27.7. The van der Waals surface area contributed by atoms with Crippen LogP contribution in [0.4, 0.5) is 0 Å². The number of carbonyl (C=O) groups excluding carboxylic acids is 2. The van der Waals surface area contributed by atoms with Gasteiger partial charge >= 0.3 is 0 Å². The van der Waals surface area contributed by atoms with E-state index < -0.39 is 5.60 Å². The second-order valence-corrected chi connectivity index (χ2v) is 14.0. The summed E-state index contributed by atoms with van der Waals surface area (Å²) in [7, 11) is 0. The molecular formula is C34H43NO5. The number of furan rings is 1. The van der Waals surface area contributed by atoms with Crippen LogP contribution >= 0.6 is 0 Å². The van der Waals surface area contributed by atoms with E-state index in [4.69, 9.17) is 9.15 Å². The number of hydrogen-bond acceptors (Lipinski definition) is 5. The lowest BCUT2D eigenvalue weighted by Gasteiger charge is -2.61. The maximum Gasteiger partial charge on any atom is 0.261 e. The number of fused-ring (bicyclic) bond motifs is 6. The van der Waals surface area contributed by atoms with Crippen molar-refractivity contribution in [2.75, 3.05) is 13.2 Å². The molecule has 40 heavy (non-hydrogen) atoms. The summed E-state index contributed by atoms with van der Waals surface area (Å²) in [5.74, 6) is 2.31. The minimum absolute atomic E-state index is 0.0823. The van der Waals surface area contributed by atoms with E-state index in [0.717, 1.165) is 43.6 Å². The van der Waals surface area contributed by atoms with Crippen molar-refractivity contribution in [3.8, 4) is 0 Å². The van der Waals surface area contributed by atoms with E-state index in [1.165, 1.54) is 30.6 Å². The largest absolute Gasteiger partial charge is 0.472 e. The van der Waals surface area contributed by atoms with Crippen molar-refractivity contribution in [2.24, 2.45) is 34.5 Å². The number of amides is 2. The van der Waals surface area contributed by atoms with E-state index in [2.05, 4.69) is 13.8 Å². The predicted octanol–water partition coefficient (Wildman–Crippen LogP) is 6.58. The molecule has 3 unspecified atom stereocenters. The van der Waals surface area contributed by atoms with Crippen LogP contribution < -0.4 is 0 Å². The lowest BCUT2D eigenvalue weighted by molar-refractivity contribution is -0.164. The third kappa shape index (κ3) is 3.74. The number of hydrogen-bond donors (Lipinski definition) is 1. The number of benzene rings is 1. The van der Waals surface area contributed by atoms with Gasteiger partial charge in [-0.15, -0.1) is 0 Å². The Hall–Kier alpha value is -2.44. The molecule has 6 nitrogen and oxygen atoms in total. The van der Waals surface area contributed by atoms with Crippen LogP contribution in [0.15, 0.2) is 47.3 Å². The fraction of sp³-hybridized carbons (Fsp3) is 0.647. The van der Waals surface area contributed by atoms with Crippen LogP contribution in [0.3, 0.4) is 0 Å². The summed E-state index contributed by atoms with van der Waals surface area (Å²) in [5, 5.41) is 12.0. The Kier molecular flexibility index (Phi) is 6.32. The molecule has 1 aliphatic heterocycles. The quantitative estimate of drug-likeness (QED) is 0.328. The first-order chi connectivity index (χ1) is 19.3. The summed E-state index contributed by atoms with van der Waals surface area (Å²) in [5.41, 5.74) is 1.49. The van der Waals surface area contributed by atoms with Gasteiger partial charge in [0.2, 0.25) is 0 Å². The average molecular weight is 546 g/mol. The molecule has 2 heterocycles. The van der Waals surface area contributed by atoms with E-state index in [9.17, 15) is 14.7 Å². The Morgan fingerprint density at radius 3 is 2.42 bits per heavy atom. The standard InChI is InChI=1S/C34H43NO5/c1-32-14-10-24(40-18-5-17-35-30(36)25-6-3-4-7-26(25)31(35)37)20-22(32)8-9-27-28(32)11-15-33(2)29(27)12-16-34(33,38)23-13-19-39-21-23/h3-4,6-7,13,19,21-22,24,27-29,38H,5,8-12,14-18,20H2,1-2H3/t22?,24?,27-,28-,29+,32+,33+,34?/m1/s1. The highest BCUT2D eigenvalue weighted by atomic mass is 16.5. The molecule has 7 rings (SSSR count). The van der Waals surface area contributed by atoms with Crippen molar-refractivity contribution in [1.82, 2.24) is 4.90 Å². The van der Waals surface area contributed by atoms with Crippen LogP contribution in [0, 0.1) is 34.5 Å². The molecule has 8 atom stereocenters. The van der Waals surface area contributed by atoms with E-state index in [0.29, 0.717) is 53.9 Å². The summed E-state index contributed by atoms with van der Waals surface area (Å²) < 4.78 is 11.8. The number of ether oxygens (including phenoxy) is 1. The molecule has 0 bridgehead atoms. The van der Waals surface area contributed by atoms with E-state index in [-0.39, 0.29) is 23.3 Å². The third-order valence-electron chi connectivity index (χ3n) is 12.5. The average Bonchev–Trinajstić information content (AvgIpc) is 3.65. The predicted molar refractivity (Wildman–Crippen MR) is 150 cm³/mol. The summed E-state index contributed by atoms with van der Waals surface area (Å²) in [4.78, 5) is 26.7. The topological polar surface area (TPSA) is 80.0 Å². The maximum absolute atomic E-state index is 12.6. The van der Waals surface area contributed by atoms with Gasteiger partial charge in [0.05, 0.1) is 35.4 Å². The van der Waals surface area contributed by atoms with Crippen molar-refractivity contribution in [3.05, 3.63) is 59.5 Å². The molecule has 0 spiro atoms. The zero-order valence-corrected chi connectivity index (χ0v) is 23.9. The van der Waals surface area contributed by atoms with Crippen molar-refractivity contribution in [2.45, 2.75) is 89.8 Å². The molecule has 4 saturated carbocycles. The van der Waals surface area contributed by atoms with Gasteiger partial charge in [-0.25, -0.2) is 0 Å². The van der Waals surface area contributed by atoms with Crippen LogP contribution in [0.5, 0.6) is 0 Å². The lowest BCUT2D eigenvalue weighted by Crippen LogP contribution is -2.56. The monoisotopic (exact) mass is 545 g/mol. The summed E-state index contributed by atoms with van der Waals surface area (Å²) >= 11 is 0. The van der Waals surface area contributed by atoms with Gasteiger partial charge in [-0.05, 0) is 111 Å². The number of rotatable bonds is 6. The summed E-state index contributed by atoms with van der Waals surface area (Å²) in [6, 6.07) is 9.06. The van der Waals surface area contributed by atoms with Crippen molar-refractivity contribution in [1.29, 1.82) is 0 Å². The van der Waals surface area contributed by atoms with E-state index in [1.54, 1.807) is 24.7 Å². The minimum Gasteiger partial charge on any atom is -0.472 e. The van der Waals surface area contributed by atoms with Crippen molar-refractivity contribution < 1.29 is 23.8 Å². The molecule has 0 saturated heterocycles. The Balaban J connectivity index is 0.952. The Morgan fingerprint density at radius 1 is 0.950 bits per heavy atom. The van der Waals surface area contributed by atoms with Gasteiger partial charge in [-0.1, -0.05) is 26.0 Å². The van der Waals surface area contributed by atoms with Gasteiger partial charge in [0, 0.05) is 24.1 Å².